The first-order chi connectivity index (χ1) is 15.2. The Kier molecular flexibility index (Phi) is 4.30. The van der Waals surface area contributed by atoms with Gasteiger partial charge in [-0.1, -0.05) is 12.1 Å². The fourth-order valence-electron chi connectivity index (χ4n) is 3.76. The van der Waals surface area contributed by atoms with Gasteiger partial charge in [0.2, 0.25) is 11.5 Å². The third-order valence-electron chi connectivity index (χ3n) is 5.61. The molecule has 2 aliphatic rings. The Hall–Kier alpha value is -3.82. The van der Waals surface area contributed by atoms with Crippen LogP contribution >= 0.6 is 0 Å². The van der Waals surface area contributed by atoms with Crippen LogP contribution in [0.15, 0.2) is 47.4 Å². The van der Waals surface area contributed by atoms with Crippen LogP contribution in [0.1, 0.15) is 24.0 Å². The number of hydrogen-bond donors (Lipinski definition) is 2. The third-order valence-corrected chi connectivity index (χ3v) is 5.61. The molecule has 1 aliphatic heterocycles. The predicted molar refractivity (Wildman–Crippen MR) is 107 cm³/mol. The van der Waals surface area contributed by atoms with Crippen LogP contribution in [-0.2, 0) is 10.2 Å². The van der Waals surface area contributed by atoms with Crippen molar-refractivity contribution in [2.24, 2.45) is 0 Å². The van der Waals surface area contributed by atoms with Gasteiger partial charge in [0, 0.05) is 17.8 Å². The predicted octanol–water partition coefficient (Wildman–Crippen LogP) is 3.88. The Morgan fingerprint density at radius 2 is 1.88 bits per heavy atom. The summed E-state index contributed by atoms with van der Waals surface area (Å²) >= 11 is 0. The molecule has 0 atom stereocenters. The zero-order valence-electron chi connectivity index (χ0n) is 16.7. The molecule has 1 saturated carbocycles. The van der Waals surface area contributed by atoms with Crippen LogP contribution in [0, 0.1) is 12.7 Å². The van der Waals surface area contributed by atoms with Crippen molar-refractivity contribution >= 4 is 11.7 Å². The van der Waals surface area contributed by atoms with E-state index >= 15 is 0 Å². The second-order valence-corrected chi connectivity index (χ2v) is 7.79. The summed E-state index contributed by atoms with van der Waals surface area (Å²) < 4.78 is 49.8. The number of carbonyl (C=O) groups is 1. The number of H-pyrrole nitrogens is 1. The number of nitrogens with one attached hydrogen (secondary N) is 2. The molecule has 32 heavy (non-hydrogen) atoms. The number of carbonyl (C=O) groups excluding carboxylic acids is 1. The lowest BCUT2D eigenvalue weighted by molar-refractivity contribution is -0.286. The highest BCUT2D eigenvalue weighted by Gasteiger charge is 2.53. The largest absolute Gasteiger partial charge is 0.586 e. The van der Waals surface area contributed by atoms with Crippen LogP contribution in [0.5, 0.6) is 11.5 Å². The molecule has 3 aromatic rings. The topological polar surface area (TPSA) is 93.3 Å². The van der Waals surface area contributed by atoms with Crippen LogP contribution < -0.4 is 20.3 Å². The summed E-state index contributed by atoms with van der Waals surface area (Å²) in [6, 6.07) is 8.59. The average Bonchev–Trinajstić information content (AvgIpc) is 3.48. The van der Waals surface area contributed by atoms with E-state index in [2.05, 4.69) is 24.8 Å². The van der Waals surface area contributed by atoms with E-state index < -0.39 is 23.1 Å². The zero-order valence-corrected chi connectivity index (χ0v) is 16.7. The van der Waals surface area contributed by atoms with E-state index in [1.165, 1.54) is 12.1 Å². The van der Waals surface area contributed by atoms with Gasteiger partial charge in [-0.15, -0.1) is 8.78 Å². The summed E-state index contributed by atoms with van der Waals surface area (Å²) in [4.78, 5) is 31.3. The molecule has 164 valence electrons. The van der Waals surface area contributed by atoms with Gasteiger partial charge in [-0.05, 0) is 49.1 Å². The molecule has 3 heterocycles. The number of anilines is 1. The number of pyridine rings is 2. The van der Waals surface area contributed by atoms with Crippen molar-refractivity contribution in [2.45, 2.75) is 31.5 Å². The number of ether oxygens (including phenoxy) is 2. The second kappa shape index (κ2) is 6.84. The van der Waals surface area contributed by atoms with E-state index in [9.17, 15) is 22.8 Å². The van der Waals surface area contributed by atoms with Gasteiger partial charge in [-0.25, -0.2) is 9.37 Å². The first-order valence-electron chi connectivity index (χ1n) is 9.75. The molecule has 1 fully saturated rings. The maximum absolute atomic E-state index is 14.2. The molecular weight excluding hydrogens is 427 g/mol. The summed E-state index contributed by atoms with van der Waals surface area (Å²) in [6.07, 6.45) is -1.77. The summed E-state index contributed by atoms with van der Waals surface area (Å²) in [6.45, 7) is 1.71. The standard InChI is InChI=1S/C22H16F3N3O4/c1-11-2-5-17(27-19(11)13-9-18(29)26-10-14(13)23)28-20(30)21(6-7-21)12-3-4-15-16(8-12)32-22(24,25)31-15/h2-5,8-10H,6-7H2,1H3,(H,26,29)(H,27,28,30). The van der Waals surface area contributed by atoms with E-state index in [1.807, 2.05) is 0 Å². The molecule has 0 saturated heterocycles. The number of aryl methyl sites for hydroxylation is 1. The molecule has 1 aliphatic carbocycles. The summed E-state index contributed by atoms with van der Waals surface area (Å²) in [5, 5.41) is 2.72. The van der Waals surface area contributed by atoms with E-state index in [0.29, 0.717) is 24.0 Å². The molecule has 0 spiro atoms. The number of aromatic amines is 1. The van der Waals surface area contributed by atoms with Crippen molar-refractivity contribution in [2.75, 3.05) is 5.32 Å². The molecule has 2 aromatic heterocycles. The lowest BCUT2D eigenvalue weighted by atomic mass is 9.94. The molecule has 10 heteroatoms. The van der Waals surface area contributed by atoms with Crippen LogP contribution in [0.3, 0.4) is 0 Å². The Balaban J connectivity index is 1.43. The number of nitrogens with zero attached hydrogens (tertiary/aromatic N) is 1. The first-order valence-corrected chi connectivity index (χ1v) is 9.75. The summed E-state index contributed by atoms with van der Waals surface area (Å²) in [5.74, 6) is -1.09. The maximum Gasteiger partial charge on any atom is 0.586 e. The number of alkyl halides is 2. The fraction of sp³-hybridized carbons (Fsp3) is 0.227. The Morgan fingerprint density at radius 1 is 1.12 bits per heavy atom. The van der Waals surface area contributed by atoms with E-state index in [0.717, 1.165) is 12.3 Å². The molecular formula is C22H16F3N3O4. The SMILES string of the molecule is Cc1ccc(NC(=O)C2(c3ccc4c(c3)OC(F)(F)O4)CC2)nc1-c1cc(=O)[nH]cc1F. The van der Waals surface area contributed by atoms with Crippen molar-refractivity contribution in [3.05, 3.63) is 69.9 Å². The lowest BCUT2D eigenvalue weighted by Gasteiger charge is -2.17. The molecule has 7 nitrogen and oxygen atoms in total. The highest BCUT2D eigenvalue weighted by molar-refractivity contribution is 6.01. The van der Waals surface area contributed by atoms with Gasteiger partial charge < -0.3 is 19.8 Å². The third kappa shape index (κ3) is 3.37. The molecule has 0 unspecified atom stereocenters. The minimum Gasteiger partial charge on any atom is -0.395 e. The van der Waals surface area contributed by atoms with Gasteiger partial charge >= 0.3 is 6.29 Å². The van der Waals surface area contributed by atoms with Gasteiger partial charge in [-0.3, -0.25) is 9.59 Å². The van der Waals surface area contributed by atoms with Crippen molar-refractivity contribution in [1.29, 1.82) is 0 Å². The fourth-order valence-corrected chi connectivity index (χ4v) is 3.76. The number of benzene rings is 1. The smallest absolute Gasteiger partial charge is 0.395 e. The Morgan fingerprint density at radius 3 is 2.62 bits per heavy atom. The normalized spacial score (nSPS) is 17.1. The van der Waals surface area contributed by atoms with Crippen molar-refractivity contribution in [3.63, 3.8) is 0 Å². The number of halogens is 3. The number of rotatable bonds is 4. The summed E-state index contributed by atoms with van der Waals surface area (Å²) in [7, 11) is 0. The van der Waals surface area contributed by atoms with Crippen LogP contribution in [0.4, 0.5) is 19.0 Å². The van der Waals surface area contributed by atoms with Crippen molar-refractivity contribution in [3.8, 4) is 22.8 Å². The van der Waals surface area contributed by atoms with E-state index in [1.54, 1.807) is 25.1 Å². The maximum atomic E-state index is 14.2. The van der Waals surface area contributed by atoms with Crippen molar-refractivity contribution < 1.29 is 27.4 Å². The molecule has 2 N–H and O–H groups in total. The summed E-state index contributed by atoms with van der Waals surface area (Å²) in [5.41, 5.74) is -0.0320. The minimum atomic E-state index is -3.74. The number of fused-ring (bicyclic) bond motifs is 1. The van der Waals surface area contributed by atoms with Crippen LogP contribution in [-0.4, -0.2) is 22.2 Å². The minimum absolute atomic E-state index is 0.0141. The molecule has 0 radical (unpaired) electrons. The highest BCUT2D eigenvalue weighted by Crippen LogP contribution is 2.52. The van der Waals surface area contributed by atoms with Gasteiger partial charge in [0.15, 0.2) is 11.5 Å². The average molecular weight is 443 g/mol. The van der Waals surface area contributed by atoms with Crippen molar-refractivity contribution in [1.82, 2.24) is 9.97 Å². The lowest BCUT2D eigenvalue weighted by Crippen LogP contribution is -2.28. The molecule has 1 amide bonds. The highest BCUT2D eigenvalue weighted by atomic mass is 19.3. The first kappa shape index (κ1) is 20.1. The second-order valence-electron chi connectivity index (χ2n) is 7.79. The number of amides is 1. The Labute approximate surface area is 179 Å². The molecule has 5 rings (SSSR count). The van der Waals surface area contributed by atoms with Crippen LogP contribution in [0.2, 0.25) is 0 Å². The monoisotopic (exact) mass is 443 g/mol. The number of aromatic nitrogens is 2. The molecule has 1 aromatic carbocycles. The van der Waals surface area contributed by atoms with Gasteiger partial charge in [0.05, 0.1) is 11.1 Å². The van der Waals surface area contributed by atoms with Gasteiger partial charge in [0.1, 0.15) is 11.6 Å². The van der Waals surface area contributed by atoms with Gasteiger partial charge in [0.25, 0.3) is 0 Å². The zero-order chi connectivity index (χ0) is 22.7. The number of hydrogen-bond acceptors (Lipinski definition) is 5. The molecule has 0 bridgehead atoms. The Bertz CT molecular complexity index is 1320. The van der Waals surface area contributed by atoms with Crippen LogP contribution in [0.25, 0.3) is 11.3 Å². The van der Waals surface area contributed by atoms with E-state index in [-0.39, 0.29) is 34.5 Å². The quantitative estimate of drug-likeness (QED) is 0.639. The van der Waals surface area contributed by atoms with Gasteiger partial charge in [-0.2, -0.15) is 0 Å². The van der Waals surface area contributed by atoms with E-state index in [4.69, 9.17) is 0 Å².